The quantitative estimate of drug-likeness (QED) is 0.0844. The van der Waals surface area contributed by atoms with Crippen LogP contribution in [0.3, 0.4) is 0 Å². The summed E-state index contributed by atoms with van der Waals surface area (Å²) < 4.78 is 22.8. The topological polar surface area (TPSA) is 239 Å². The van der Waals surface area contributed by atoms with E-state index in [0.29, 0.717) is 28.1 Å². The molecule has 0 amide bonds. The van der Waals surface area contributed by atoms with E-state index in [4.69, 9.17) is 4.52 Å². The number of fused-ring (bicyclic) bond motifs is 2. The van der Waals surface area contributed by atoms with Crippen LogP contribution in [0.15, 0.2) is 94.8 Å². The molecular weight excluding hydrogens is 767 g/mol. The summed E-state index contributed by atoms with van der Waals surface area (Å²) in [5.74, 6) is -0.310. The summed E-state index contributed by atoms with van der Waals surface area (Å²) in [6.45, 7) is 7.50. The molecule has 18 heteroatoms. The minimum Gasteiger partial charge on any atom is -0.508 e. The van der Waals surface area contributed by atoms with Crippen molar-refractivity contribution >= 4 is 29.6 Å². The van der Waals surface area contributed by atoms with Crippen molar-refractivity contribution in [3.05, 3.63) is 117 Å². The van der Waals surface area contributed by atoms with Gasteiger partial charge in [0.25, 0.3) is 0 Å². The lowest BCUT2D eigenvalue weighted by atomic mass is 9.98. The number of aromatic nitrogens is 8. The van der Waals surface area contributed by atoms with Crippen LogP contribution in [0.25, 0.3) is 56.0 Å². The van der Waals surface area contributed by atoms with Crippen LogP contribution in [0.1, 0.15) is 50.7 Å². The zero-order valence-corrected chi connectivity index (χ0v) is 33.1. The number of nitrogens with zero attached hydrogens (tertiary/aromatic N) is 6. The highest BCUT2D eigenvalue weighted by Crippen LogP contribution is 2.45. The van der Waals surface area contributed by atoms with E-state index in [9.17, 15) is 39.3 Å². The monoisotopic (exact) mass is 808 g/mol. The average molecular weight is 809 g/mol. The number of aromatic hydroxyl groups is 3. The molecule has 17 nitrogen and oxygen atoms in total. The van der Waals surface area contributed by atoms with E-state index in [1.807, 2.05) is 106 Å². The molecule has 4 aromatic heterocycles. The maximum Gasteiger partial charge on any atom is 0.524 e. The Morgan fingerprint density at radius 3 is 1.52 bits per heavy atom. The molecule has 0 saturated heterocycles. The van der Waals surface area contributed by atoms with Crippen molar-refractivity contribution in [1.29, 1.82) is 0 Å². The molecule has 0 aliphatic carbocycles. The third kappa shape index (κ3) is 7.41. The summed E-state index contributed by atoms with van der Waals surface area (Å²) >= 11 is 0. The Bertz CT molecular complexity index is 3010. The molecule has 0 aliphatic heterocycles. The largest absolute Gasteiger partial charge is 0.524 e. The Balaban J connectivity index is 0.000000178. The SMILES string of the molecule is CC(C)c1cc(-c2n[nH]c(=O)n2-c2ccc3c(ccn3C)c2)c(O)cc1O.CC(C)c1cc(-c2n[nH]c(=O)n2-c2ccc3c(ccn3C)c2)c(O)cc1OP(=O)(O)O. The number of phosphoric acid groups is 1. The van der Waals surface area contributed by atoms with Crippen LogP contribution >= 0.6 is 7.82 Å². The van der Waals surface area contributed by atoms with Crippen molar-refractivity contribution in [2.24, 2.45) is 14.1 Å². The van der Waals surface area contributed by atoms with Gasteiger partial charge in [-0.2, -0.15) is 10.2 Å². The highest BCUT2D eigenvalue weighted by atomic mass is 31.2. The van der Waals surface area contributed by atoms with Gasteiger partial charge >= 0.3 is 19.2 Å². The lowest BCUT2D eigenvalue weighted by Gasteiger charge is -2.17. The lowest BCUT2D eigenvalue weighted by Crippen LogP contribution is -2.15. The molecule has 0 radical (unpaired) electrons. The zero-order chi connectivity index (χ0) is 41.8. The fourth-order valence-corrected chi connectivity index (χ4v) is 7.32. The van der Waals surface area contributed by atoms with Gasteiger partial charge in [0.05, 0.1) is 22.5 Å². The van der Waals surface area contributed by atoms with Gasteiger partial charge in [-0.05, 0) is 83.6 Å². The molecule has 300 valence electrons. The number of phenols is 3. The number of aryl methyl sites for hydroxylation is 2. The van der Waals surface area contributed by atoms with Crippen molar-refractivity contribution in [2.45, 2.75) is 39.5 Å². The Morgan fingerprint density at radius 1 is 0.621 bits per heavy atom. The van der Waals surface area contributed by atoms with Crippen molar-refractivity contribution in [3.8, 4) is 57.1 Å². The van der Waals surface area contributed by atoms with Gasteiger partial charge in [0, 0.05) is 60.4 Å². The summed E-state index contributed by atoms with van der Waals surface area (Å²) in [4.78, 5) is 43.4. The van der Waals surface area contributed by atoms with Crippen LogP contribution in [0.5, 0.6) is 23.0 Å². The first-order valence-electron chi connectivity index (χ1n) is 18.1. The van der Waals surface area contributed by atoms with E-state index >= 15 is 0 Å². The predicted molar refractivity (Wildman–Crippen MR) is 218 cm³/mol. The molecular formula is C40H41N8O9P. The molecule has 8 rings (SSSR count). The molecule has 0 saturated carbocycles. The number of phenolic OH excluding ortho intramolecular Hbond substituents is 3. The van der Waals surface area contributed by atoms with Gasteiger partial charge in [-0.25, -0.2) is 33.5 Å². The van der Waals surface area contributed by atoms with Gasteiger partial charge in [0.2, 0.25) is 0 Å². The van der Waals surface area contributed by atoms with E-state index in [0.717, 1.165) is 27.9 Å². The van der Waals surface area contributed by atoms with Gasteiger partial charge in [0.15, 0.2) is 11.6 Å². The number of benzene rings is 4. The molecule has 0 spiro atoms. The van der Waals surface area contributed by atoms with Crippen LogP contribution in [0.2, 0.25) is 0 Å². The molecule has 7 N–H and O–H groups in total. The van der Waals surface area contributed by atoms with Crippen LogP contribution < -0.4 is 15.9 Å². The van der Waals surface area contributed by atoms with E-state index in [-0.39, 0.29) is 52.0 Å². The molecule has 0 unspecified atom stereocenters. The molecule has 58 heavy (non-hydrogen) atoms. The summed E-state index contributed by atoms with van der Waals surface area (Å²) in [6, 6.07) is 20.6. The highest BCUT2D eigenvalue weighted by molar-refractivity contribution is 7.46. The van der Waals surface area contributed by atoms with Gasteiger partial charge in [0.1, 0.15) is 23.0 Å². The summed E-state index contributed by atoms with van der Waals surface area (Å²) in [5, 5.41) is 46.0. The number of nitrogens with one attached hydrogen (secondary N) is 2. The Labute approximate surface area is 329 Å². The highest BCUT2D eigenvalue weighted by Gasteiger charge is 2.25. The maximum atomic E-state index is 12.6. The Hall–Kier alpha value is -6.81. The normalized spacial score (nSPS) is 11.8. The second-order valence-corrected chi connectivity index (χ2v) is 15.6. The number of rotatable bonds is 8. The van der Waals surface area contributed by atoms with Gasteiger partial charge in [-0.1, -0.05) is 27.7 Å². The first-order valence-corrected chi connectivity index (χ1v) is 19.6. The summed E-state index contributed by atoms with van der Waals surface area (Å²) in [5.41, 5.74) is 4.04. The second kappa shape index (κ2) is 14.9. The number of aromatic amines is 2. The Morgan fingerprint density at radius 2 is 1.07 bits per heavy atom. The minimum atomic E-state index is -4.83. The predicted octanol–water partition coefficient (Wildman–Crippen LogP) is 6.27. The third-order valence-electron chi connectivity index (χ3n) is 9.81. The van der Waals surface area contributed by atoms with Crippen molar-refractivity contribution in [2.75, 3.05) is 0 Å². The van der Waals surface area contributed by atoms with Gasteiger partial charge in [-0.15, -0.1) is 0 Å². The smallest absolute Gasteiger partial charge is 0.508 e. The standard InChI is InChI=1S/C20H21N4O6P.C20H20N4O3/c1-11(2)14-9-15(17(25)10-18(14)30-31(27,28)29)19-21-22-20(26)24(19)13-4-5-16-12(8-13)6-7-23(16)3;1-11(2)14-9-15(18(26)10-17(14)25)19-21-22-20(27)24(19)13-4-5-16-12(8-13)6-7-23(16)3/h4-11,25H,1-3H3,(H,22,26)(H2,27,28,29);4-11,25-26H,1-3H3,(H,22,27). The number of hydrogen-bond acceptors (Lipinski definition) is 9. The first kappa shape index (κ1) is 39.4. The van der Waals surface area contributed by atoms with Crippen molar-refractivity contribution in [3.63, 3.8) is 0 Å². The summed E-state index contributed by atoms with van der Waals surface area (Å²) in [7, 11) is -0.947. The van der Waals surface area contributed by atoms with Crippen LogP contribution in [-0.4, -0.2) is 63.8 Å². The molecule has 0 aliphatic rings. The van der Waals surface area contributed by atoms with E-state index < -0.39 is 19.2 Å². The maximum absolute atomic E-state index is 12.6. The molecule has 4 aromatic carbocycles. The fraction of sp³-hybridized carbons (Fsp3) is 0.200. The fourth-order valence-electron chi connectivity index (χ4n) is 6.91. The number of H-pyrrole nitrogens is 2. The Kier molecular flexibility index (Phi) is 10.1. The van der Waals surface area contributed by atoms with Gasteiger partial charge in [-0.3, -0.25) is 9.79 Å². The number of hydrogen-bond donors (Lipinski definition) is 7. The second-order valence-electron chi connectivity index (χ2n) is 14.4. The van der Waals surface area contributed by atoms with E-state index in [1.165, 1.54) is 21.3 Å². The zero-order valence-electron chi connectivity index (χ0n) is 32.2. The van der Waals surface area contributed by atoms with E-state index in [1.54, 1.807) is 12.1 Å². The van der Waals surface area contributed by atoms with Gasteiger partial charge < -0.3 is 29.0 Å². The molecule has 0 bridgehead atoms. The third-order valence-corrected chi connectivity index (χ3v) is 10.2. The molecule has 0 atom stereocenters. The van der Waals surface area contributed by atoms with E-state index in [2.05, 4.69) is 20.4 Å². The molecule has 4 heterocycles. The average Bonchev–Trinajstić information content (AvgIpc) is 3.93. The summed E-state index contributed by atoms with van der Waals surface area (Å²) in [6.07, 6.45) is 3.86. The van der Waals surface area contributed by atoms with Crippen molar-refractivity contribution < 1.29 is 34.2 Å². The lowest BCUT2D eigenvalue weighted by molar-refractivity contribution is 0.281. The molecule has 8 aromatic rings. The molecule has 0 fully saturated rings. The van der Waals surface area contributed by atoms with Crippen molar-refractivity contribution in [1.82, 2.24) is 38.7 Å². The first-order chi connectivity index (χ1) is 27.4. The van der Waals surface area contributed by atoms with Crippen LogP contribution in [0, 0.1) is 0 Å². The van der Waals surface area contributed by atoms with Crippen LogP contribution in [-0.2, 0) is 18.7 Å². The van der Waals surface area contributed by atoms with Crippen LogP contribution in [0.4, 0.5) is 0 Å². The minimum absolute atomic E-state index is 0.0152. The number of phosphoric ester groups is 1.